The van der Waals surface area contributed by atoms with E-state index in [4.69, 9.17) is 0 Å². The lowest BCUT2D eigenvalue weighted by molar-refractivity contribution is -0.119. The minimum absolute atomic E-state index is 0.0177. The Bertz CT molecular complexity index is 899. The molecule has 0 bridgehead atoms. The largest absolute Gasteiger partial charge is 0.326 e. The summed E-state index contributed by atoms with van der Waals surface area (Å²) >= 11 is 0. The number of sulfonamides is 1. The standard InChI is InChI=1S/C20H24N2O3S/c1-14-7-11-18(12-8-14)26(24,25)22-17-10-9-15(2)19(13-17)21-20(23)16-5-3-4-6-16/h7-13,16,22H,3-6H2,1-2H3,(H,21,23). The highest BCUT2D eigenvalue weighted by Crippen LogP contribution is 2.28. The number of anilines is 2. The summed E-state index contributed by atoms with van der Waals surface area (Å²) in [5.74, 6) is 0.0754. The lowest BCUT2D eigenvalue weighted by Gasteiger charge is -2.15. The second-order valence-corrected chi connectivity index (χ2v) is 8.60. The minimum atomic E-state index is -3.67. The number of amides is 1. The second kappa shape index (κ2) is 7.50. The van der Waals surface area contributed by atoms with Gasteiger partial charge in [0, 0.05) is 11.6 Å². The summed E-state index contributed by atoms with van der Waals surface area (Å²) in [7, 11) is -3.67. The number of benzene rings is 2. The van der Waals surface area contributed by atoms with E-state index in [1.54, 1.807) is 42.5 Å². The third-order valence-electron chi connectivity index (χ3n) is 4.80. The maximum Gasteiger partial charge on any atom is 0.261 e. The summed E-state index contributed by atoms with van der Waals surface area (Å²) in [4.78, 5) is 12.6. The van der Waals surface area contributed by atoms with Gasteiger partial charge in [-0.3, -0.25) is 9.52 Å². The van der Waals surface area contributed by atoms with E-state index in [1.807, 2.05) is 13.8 Å². The Labute approximate surface area is 154 Å². The SMILES string of the molecule is Cc1ccc(S(=O)(=O)Nc2ccc(C)c(NC(=O)C3CCCC3)c2)cc1. The molecule has 0 aromatic heterocycles. The fourth-order valence-electron chi connectivity index (χ4n) is 3.17. The molecule has 26 heavy (non-hydrogen) atoms. The van der Waals surface area contributed by atoms with Gasteiger partial charge in [0.05, 0.1) is 10.6 Å². The van der Waals surface area contributed by atoms with Gasteiger partial charge >= 0.3 is 0 Å². The van der Waals surface area contributed by atoms with Crippen molar-refractivity contribution in [3.05, 3.63) is 53.6 Å². The Hall–Kier alpha value is -2.34. The summed E-state index contributed by atoms with van der Waals surface area (Å²) in [5, 5.41) is 2.95. The first-order chi connectivity index (χ1) is 12.3. The number of hydrogen-bond donors (Lipinski definition) is 2. The molecule has 0 spiro atoms. The number of aryl methyl sites for hydroxylation is 2. The molecule has 0 saturated heterocycles. The zero-order valence-corrected chi connectivity index (χ0v) is 15.9. The van der Waals surface area contributed by atoms with Gasteiger partial charge in [-0.15, -0.1) is 0 Å². The average molecular weight is 372 g/mol. The molecule has 5 nitrogen and oxygen atoms in total. The van der Waals surface area contributed by atoms with Crippen LogP contribution in [0, 0.1) is 19.8 Å². The highest BCUT2D eigenvalue weighted by atomic mass is 32.2. The van der Waals surface area contributed by atoms with Crippen LogP contribution in [0.5, 0.6) is 0 Å². The smallest absolute Gasteiger partial charge is 0.261 e. The maximum absolute atomic E-state index is 12.5. The Morgan fingerprint density at radius 2 is 1.65 bits per heavy atom. The van der Waals surface area contributed by atoms with Gasteiger partial charge < -0.3 is 5.32 Å². The molecular formula is C20H24N2O3S. The van der Waals surface area contributed by atoms with Crippen molar-refractivity contribution in [1.82, 2.24) is 0 Å². The summed E-state index contributed by atoms with van der Waals surface area (Å²) in [6, 6.07) is 11.9. The second-order valence-electron chi connectivity index (χ2n) is 6.92. The van der Waals surface area contributed by atoms with Crippen molar-refractivity contribution in [2.45, 2.75) is 44.4 Å². The maximum atomic E-state index is 12.5. The molecular weight excluding hydrogens is 348 g/mol. The van der Waals surface area contributed by atoms with Crippen molar-refractivity contribution >= 4 is 27.3 Å². The Balaban J connectivity index is 1.78. The average Bonchev–Trinajstić information content (AvgIpc) is 3.13. The van der Waals surface area contributed by atoms with Crippen molar-refractivity contribution in [1.29, 1.82) is 0 Å². The third-order valence-corrected chi connectivity index (χ3v) is 6.20. The van der Waals surface area contributed by atoms with E-state index in [9.17, 15) is 13.2 Å². The predicted octanol–water partition coefficient (Wildman–Crippen LogP) is 4.23. The van der Waals surface area contributed by atoms with Crippen molar-refractivity contribution < 1.29 is 13.2 Å². The number of carbonyl (C=O) groups is 1. The van der Waals surface area contributed by atoms with Gasteiger partial charge in [0.15, 0.2) is 0 Å². The molecule has 2 aromatic rings. The van der Waals surface area contributed by atoms with E-state index in [0.29, 0.717) is 11.4 Å². The number of hydrogen-bond acceptors (Lipinski definition) is 3. The highest BCUT2D eigenvalue weighted by molar-refractivity contribution is 7.92. The van der Waals surface area contributed by atoms with E-state index in [1.165, 1.54) is 0 Å². The molecule has 1 fully saturated rings. The summed E-state index contributed by atoms with van der Waals surface area (Å²) < 4.78 is 27.7. The van der Waals surface area contributed by atoms with Gasteiger partial charge in [0.1, 0.15) is 0 Å². The number of carbonyl (C=O) groups excluding carboxylic acids is 1. The van der Waals surface area contributed by atoms with Gasteiger partial charge in [0.25, 0.3) is 10.0 Å². The van der Waals surface area contributed by atoms with Crippen molar-refractivity contribution in [3.63, 3.8) is 0 Å². The van der Waals surface area contributed by atoms with Crippen LogP contribution < -0.4 is 10.0 Å². The number of rotatable bonds is 5. The molecule has 0 unspecified atom stereocenters. The molecule has 1 saturated carbocycles. The van der Waals surface area contributed by atoms with Crippen LogP contribution in [-0.2, 0) is 14.8 Å². The van der Waals surface area contributed by atoms with Crippen LogP contribution in [0.15, 0.2) is 47.4 Å². The monoisotopic (exact) mass is 372 g/mol. The number of nitrogens with one attached hydrogen (secondary N) is 2. The zero-order valence-electron chi connectivity index (χ0n) is 15.1. The lowest BCUT2D eigenvalue weighted by atomic mass is 10.1. The van der Waals surface area contributed by atoms with Crippen LogP contribution in [0.4, 0.5) is 11.4 Å². The van der Waals surface area contributed by atoms with Crippen LogP contribution in [0.1, 0.15) is 36.8 Å². The van der Waals surface area contributed by atoms with E-state index >= 15 is 0 Å². The van der Waals surface area contributed by atoms with E-state index in [2.05, 4.69) is 10.0 Å². The topological polar surface area (TPSA) is 75.3 Å². The van der Waals surface area contributed by atoms with Crippen LogP contribution in [0.3, 0.4) is 0 Å². The Morgan fingerprint density at radius 1 is 1.00 bits per heavy atom. The Kier molecular flexibility index (Phi) is 5.32. The molecule has 1 amide bonds. The van der Waals surface area contributed by atoms with Crippen LogP contribution >= 0.6 is 0 Å². The molecule has 0 atom stereocenters. The van der Waals surface area contributed by atoms with Crippen molar-refractivity contribution in [3.8, 4) is 0 Å². The van der Waals surface area contributed by atoms with Crippen molar-refractivity contribution in [2.24, 2.45) is 5.92 Å². The third kappa shape index (κ3) is 4.25. The zero-order chi connectivity index (χ0) is 18.7. The Morgan fingerprint density at radius 3 is 2.31 bits per heavy atom. The highest BCUT2D eigenvalue weighted by Gasteiger charge is 2.23. The van der Waals surface area contributed by atoms with Crippen LogP contribution in [0.25, 0.3) is 0 Å². The molecule has 0 aliphatic heterocycles. The summed E-state index contributed by atoms with van der Waals surface area (Å²) in [5.41, 5.74) is 2.97. The first kappa shape index (κ1) is 18.5. The quantitative estimate of drug-likeness (QED) is 0.824. The fraction of sp³-hybridized carbons (Fsp3) is 0.350. The molecule has 0 heterocycles. The summed E-state index contributed by atoms with van der Waals surface area (Å²) in [6.07, 6.45) is 4.02. The first-order valence-corrected chi connectivity index (χ1v) is 10.3. The van der Waals surface area contributed by atoms with Crippen LogP contribution in [0.2, 0.25) is 0 Å². The van der Waals surface area contributed by atoms with Gasteiger partial charge in [-0.2, -0.15) is 0 Å². The van der Waals surface area contributed by atoms with Crippen LogP contribution in [-0.4, -0.2) is 14.3 Å². The minimum Gasteiger partial charge on any atom is -0.326 e. The van der Waals surface area contributed by atoms with Crippen molar-refractivity contribution in [2.75, 3.05) is 10.0 Å². The van der Waals surface area contributed by atoms with Gasteiger partial charge in [0.2, 0.25) is 5.91 Å². The molecule has 1 aliphatic rings. The fourth-order valence-corrected chi connectivity index (χ4v) is 4.22. The predicted molar refractivity (Wildman–Crippen MR) is 104 cm³/mol. The molecule has 3 rings (SSSR count). The first-order valence-electron chi connectivity index (χ1n) is 8.86. The molecule has 2 aromatic carbocycles. The molecule has 2 N–H and O–H groups in total. The lowest BCUT2D eigenvalue weighted by Crippen LogP contribution is -2.21. The summed E-state index contributed by atoms with van der Waals surface area (Å²) in [6.45, 7) is 3.80. The van der Waals surface area contributed by atoms with Gasteiger partial charge in [-0.05, 0) is 56.5 Å². The van der Waals surface area contributed by atoms with E-state index < -0.39 is 10.0 Å². The van der Waals surface area contributed by atoms with E-state index in [0.717, 1.165) is 36.8 Å². The molecule has 1 aliphatic carbocycles. The molecule has 6 heteroatoms. The molecule has 0 radical (unpaired) electrons. The van der Waals surface area contributed by atoms with Gasteiger partial charge in [-0.1, -0.05) is 36.6 Å². The van der Waals surface area contributed by atoms with Gasteiger partial charge in [-0.25, -0.2) is 8.42 Å². The normalized spacial score (nSPS) is 15.0. The molecule has 138 valence electrons. The van der Waals surface area contributed by atoms with E-state index in [-0.39, 0.29) is 16.7 Å².